The van der Waals surface area contributed by atoms with E-state index in [1.54, 1.807) is 23.0 Å². The van der Waals surface area contributed by atoms with Crippen molar-refractivity contribution < 1.29 is 0 Å². The van der Waals surface area contributed by atoms with Crippen LogP contribution in [0.1, 0.15) is 31.5 Å². The molecular weight excluding hydrogens is 322 g/mol. The Bertz CT molecular complexity index is 892. The van der Waals surface area contributed by atoms with Gasteiger partial charge in [0.1, 0.15) is 5.82 Å². The van der Waals surface area contributed by atoms with Crippen molar-refractivity contribution in [3.05, 3.63) is 40.6 Å². The van der Waals surface area contributed by atoms with Crippen molar-refractivity contribution in [1.29, 1.82) is 0 Å². The van der Waals surface area contributed by atoms with Gasteiger partial charge in [-0.2, -0.15) is 5.10 Å². The summed E-state index contributed by atoms with van der Waals surface area (Å²) in [6.07, 6.45) is 2.16. The van der Waals surface area contributed by atoms with Gasteiger partial charge in [0.05, 0.1) is 10.2 Å². The summed E-state index contributed by atoms with van der Waals surface area (Å²) in [7, 11) is 1.73. The fraction of sp³-hybridized carbons (Fsp3) is 0.471. The first-order chi connectivity index (χ1) is 11.7. The zero-order valence-electron chi connectivity index (χ0n) is 14.0. The molecular formula is C17H21N5OS. The van der Waals surface area contributed by atoms with Gasteiger partial charge in [-0.05, 0) is 31.9 Å². The van der Waals surface area contributed by atoms with Crippen LogP contribution in [0.25, 0.3) is 10.2 Å². The van der Waals surface area contributed by atoms with Crippen LogP contribution in [-0.4, -0.2) is 32.4 Å². The maximum absolute atomic E-state index is 12.2. The Morgan fingerprint density at radius 2 is 2.17 bits per heavy atom. The number of rotatable bonds is 3. The number of thiazole rings is 1. The van der Waals surface area contributed by atoms with Gasteiger partial charge in [-0.1, -0.05) is 23.5 Å². The molecule has 0 N–H and O–H groups in total. The molecule has 1 saturated heterocycles. The van der Waals surface area contributed by atoms with Gasteiger partial charge < -0.3 is 4.90 Å². The summed E-state index contributed by atoms with van der Waals surface area (Å²) in [6.45, 7) is 4.55. The van der Waals surface area contributed by atoms with Crippen molar-refractivity contribution in [3.63, 3.8) is 0 Å². The Morgan fingerprint density at radius 1 is 1.33 bits per heavy atom. The molecule has 0 bridgehead atoms. The summed E-state index contributed by atoms with van der Waals surface area (Å²) in [5.41, 5.74) is 1.03. The number of piperidine rings is 1. The van der Waals surface area contributed by atoms with Crippen LogP contribution in [-0.2, 0) is 13.6 Å². The Balaban J connectivity index is 1.64. The predicted octanol–water partition coefficient (Wildman–Crippen LogP) is 2.60. The molecule has 6 nitrogen and oxygen atoms in total. The second kappa shape index (κ2) is 6.05. The zero-order valence-corrected chi connectivity index (χ0v) is 14.8. The molecule has 4 rings (SSSR count). The van der Waals surface area contributed by atoms with Gasteiger partial charge in [0.2, 0.25) is 0 Å². The van der Waals surface area contributed by atoms with Crippen molar-refractivity contribution in [3.8, 4) is 0 Å². The molecule has 1 unspecified atom stereocenters. The van der Waals surface area contributed by atoms with Crippen LogP contribution >= 0.6 is 11.3 Å². The number of hydrogen-bond acceptors (Lipinski definition) is 5. The molecule has 1 aromatic carbocycles. The minimum atomic E-state index is -0.0235. The van der Waals surface area contributed by atoms with E-state index in [0.29, 0.717) is 6.54 Å². The van der Waals surface area contributed by atoms with Crippen LogP contribution in [0.15, 0.2) is 29.1 Å². The van der Waals surface area contributed by atoms with E-state index in [-0.39, 0.29) is 11.6 Å². The first-order valence-electron chi connectivity index (χ1n) is 8.41. The fourth-order valence-electron chi connectivity index (χ4n) is 3.48. The summed E-state index contributed by atoms with van der Waals surface area (Å²) >= 11 is 1.74. The van der Waals surface area contributed by atoms with Crippen molar-refractivity contribution in [2.45, 2.75) is 32.2 Å². The molecule has 0 saturated carbocycles. The molecule has 3 aromatic rings. The second-order valence-electron chi connectivity index (χ2n) is 6.26. The highest BCUT2D eigenvalue weighted by Gasteiger charge is 2.28. The largest absolute Gasteiger partial charge is 0.347 e. The maximum Gasteiger partial charge on any atom is 0.345 e. The van der Waals surface area contributed by atoms with Gasteiger partial charge in [0.15, 0.2) is 5.13 Å². The molecule has 0 amide bonds. The van der Waals surface area contributed by atoms with Gasteiger partial charge in [0, 0.05) is 32.6 Å². The number of para-hydroxylation sites is 1. The molecule has 24 heavy (non-hydrogen) atoms. The van der Waals surface area contributed by atoms with Crippen LogP contribution in [0.2, 0.25) is 0 Å². The highest BCUT2D eigenvalue weighted by molar-refractivity contribution is 7.22. The van der Waals surface area contributed by atoms with E-state index in [0.717, 1.165) is 42.4 Å². The Morgan fingerprint density at radius 3 is 2.96 bits per heavy atom. The number of anilines is 1. The summed E-state index contributed by atoms with van der Waals surface area (Å²) in [4.78, 5) is 19.3. The van der Waals surface area contributed by atoms with Crippen LogP contribution in [0, 0.1) is 0 Å². The normalized spacial score (nSPS) is 18.4. The molecule has 1 aliphatic heterocycles. The maximum atomic E-state index is 12.2. The van der Waals surface area contributed by atoms with E-state index in [9.17, 15) is 4.79 Å². The molecule has 0 aliphatic carbocycles. The van der Waals surface area contributed by atoms with E-state index in [4.69, 9.17) is 4.98 Å². The quantitative estimate of drug-likeness (QED) is 0.733. The molecule has 1 fully saturated rings. The van der Waals surface area contributed by atoms with Gasteiger partial charge in [-0.3, -0.25) is 4.57 Å². The van der Waals surface area contributed by atoms with Gasteiger partial charge >= 0.3 is 5.69 Å². The number of aromatic nitrogens is 4. The lowest BCUT2D eigenvalue weighted by Crippen LogP contribution is -2.35. The third-order valence-electron chi connectivity index (χ3n) is 4.69. The molecule has 2 aromatic heterocycles. The number of hydrogen-bond donors (Lipinski definition) is 0. The zero-order chi connectivity index (χ0) is 16.7. The van der Waals surface area contributed by atoms with E-state index >= 15 is 0 Å². The van der Waals surface area contributed by atoms with Crippen LogP contribution < -0.4 is 10.6 Å². The van der Waals surface area contributed by atoms with E-state index < -0.39 is 0 Å². The minimum absolute atomic E-state index is 0.0235. The molecule has 7 heteroatoms. The van der Waals surface area contributed by atoms with Crippen LogP contribution in [0.3, 0.4) is 0 Å². The predicted molar refractivity (Wildman–Crippen MR) is 97.0 cm³/mol. The lowest BCUT2D eigenvalue weighted by atomic mass is 9.97. The van der Waals surface area contributed by atoms with E-state index in [1.165, 1.54) is 9.38 Å². The van der Waals surface area contributed by atoms with Crippen molar-refractivity contribution in [2.24, 2.45) is 7.05 Å². The summed E-state index contributed by atoms with van der Waals surface area (Å²) in [5, 5.41) is 5.57. The number of aryl methyl sites for hydroxylation is 1. The first-order valence-corrected chi connectivity index (χ1v) is 9.23. The fourth-order valence-corrected chi connectivity index (χ4v) is 4.48. The topological polar surface area (TPSA) is 56.0 Å². The second-order valence-corrected chi connectivity index (χ2v) is 7.27. The monoisotopic (exact) mass is 343 g/mol. The van der Waals surface area contributed by atoms with Crippen molar-refractivity contribution in [1.82, 2.24) is 19.3 Å². The summed E-state index contributed by atoms with van der Waals surface area (Å²) in [5.74, 6) is 1.19. The molecule has 0 spiro atoms. The smallest absolute Gasteiger partial charge is 0.345 e. The highest BCUT2D eigenvalue weighted by atomic mass is 32.1. The van der Waals surface area contributed by atoms with Crippen molar-refractivity contribution >= 4 is 26.7 Å². The van der Waals surface area contributed by atoms with E-state index in [2.05, 4.69) is 28.2 Å². The third kappa shape index (κ3) is 2.53. The van der Waals surface area contributed by atoms with Crippen molar-refractivity contribution in [2.75, 3.05) is 18.0 Å². The van der Waals surface area contributed by atoms with Crippen LogP contribution in [0.4, 0.5) is 5.13 Å². The van der Waals surface area contributed by atoms with Gasteiger partial charge in [-0.15, -0.1) is 0 Å². The summed E-state index contributed by atoms with van der Waals surface area (Å²) < 4.78 is 4.47. The molecule has 0 radical (unpaired) electrons. The summed E-state index contributed by atoms with van der Waals surface area (Å²) in [6, 6.07) is 8.26. The Kier molecular flexibility index (Phi) is 3.88. The van der Waals surface area contributed by atoms with E-state index in [1.807, 2.05) is 13.0 Å². The Hall–Kier alpha value is -2.15. The van der Waals surface area contributed by atoms with Gasteiger partial charge in [0.25, 0.3) is 0 Å². The number of fused-ring (bicyclic) bond motifs is 1. The minimum Gasteiger partial charge on any atom is -0.347 e. The molecule has 1 aliphatic rings. The first kappa shape index (κ1) is 15.4. The average molecular weight is 343 g/mol. The Labute approximate surface area is 144 Å². The molecule has 126 valence electrons. The van der Waals surface area contributed by atoms with Gasteiger partial charge in [-0.25, -0.2) is 14.5 Å². The van der Waals surface area contributed by atoms with Crippen LogP contribution in [0.5, 0.6) is 0 Å². The lowest BCUT2D eigenvalue weighted by Gasteiger charge is -2.32. The SMILES string of the molecule is CCn1c(C2CCCN(c3nc4ccccc4s3)C2)nn(C)c1=O. The lowest BCUT2D eigenvalue weighted by molar-refractivity contribution is 0.470. The highest BCUT2D eigenvalue weighted by Crippen LogP contribution is 2.33. The average Bonchev–Trinajstić information content (AvgIpc) is 3.16. The molecule has 3 heterocycles. The standard InChI is InChI=1S/C17H21N5OS/c1-3-22-15(19-20(2)17(22)23)12-7-6-10-21(11-12)16-18-13-8-4-5-9-14(13)24-16/h4-5,8-9,12H,3,6-7,10-11H2,1-2H3. The third-order valence-corrected chi connectivity index (χ3v) is 5.79. The number of nitrogens with zero attached hydrogens (tertiary/aromatic N) is 5. The molecule has 1 atom stereocenters. The number of benzene rings is 1.